The maximum atomic E-state index is 12.8. The Kier molecular flexibility index (Phi) is 3.94. The first-order chi connectivity index (χ1) is 14.2. The standard InChI is InChI=1S/C21H16N6O2/c1-29-16-9-8-14(13-6-3-2-4-7-13)17-18(16)25-20(24-17)26-19(28)15-12-23-21-22-10-5-11-27(15)21/h2-12H,1H3,(H2,24,25,26,28). The van der Waals surface area contributed by atoms with Crippen LogP contribution in [0.1, 0.15) is 10.5 Å². The Hall–Kier alpha value is -4.20. The average Bonchev–Trinajstić information content (AvgIpc) is 3.38. The first kappa shape index (κ1) is 16.9. The zero-order valence-corrected chi connectivity index (χ0v) is 15.5. The Morgan fingerprint density at radius 3 is 2.79 bits per heavy atom. The number of H-pyrrole nitrogens is 1. The van der Waals surface area contributed by atoms with Gasteiger partial charge in [-0.15, -0.1) is 0 Å². The van der Waals surface area contributed by atoms with E-state index in [0.29, 0.717) is 34.2 Å². The van der Waals surface area contributed by atoms with Gasteiger partial charge in [-0.2, -0.15) is 0 Å². The van der Waals surface area contributed by atoms with Gasteiger partial charge in [0.15, 0.2) is 0 Å². The van der Waals surface area contributed by atoms with Crippen LogP contribution in [0.3, 0.4) is 0 Å². The summed E-state index contributed by atoms with van der Waals surface area (Å²) in [6.45, 7) is 0. The Morgan fingerprint density at radius 2 is 1.97 bits per heavy atom. The number of amides is 1. The zero-order chi connectivity index (χ0) is 19.8. The number of methoxy groups -OCH3 is 1. The van der Waals surface area contributed by atoms with Crippen molar-refractivity contribution in [2.24, 2.45) is 0 Å². The lowest BCUT2D eigenvalue weighted by Gasteiger charge is -2.05. The monoisotopic (exact) mass is 384 g/mol. The number of nitrogens with zero attached hydrogens (tertiary/aromatic N) is 4. The van der Waals surface area contributed by atoms with Crippen LogP contribution in [0.25, 0.3) is 27.9 Å². The molecule has 5 rings (SSSR count). The fourth-order valence-electron chi connectivity index (χ4n) is 3.32. The van der Waals surface area contributed by atoms with E-state index in [9.17, 15) is 4.79 Å². The molecule has 142 valence electrons. The summed E-state index contributed by atoms with van der Waals surface area (Å²) in [6, 6.07) is 15.5. The van der Waals surface area contributed by atoms with E-state index in [1.54, 1.807) is 30.0 Å². The van der Waals surface area contributed by atoms with Crippen LogP contribution < -0.4 is 10.1 Å². The van der Waals surface area contributed by atoms with Gasteiger partial charge in [-0.05, 0) is 23.8 Å². The van der Waals surface area contributed by atoms with E-state index in [2.05, 4.69) is 25.3 Å². The SMILES string of the molecule is COc1ccc(-c2ccccc2)c2nc(NC(=O)c3cnc4ncccn34)[nH]c12. The second-order valence-electron chi connectivity index (χ2n) is 6.38. The van der Waals surface area contributed by atoms with E-state index in [0.717, 1.165) is 11.1 Å². The molecule has 29 heavy (non-hydrogen) atoms. The average molecular weight is 384 g/mol. The van der Waals surface area contributed by atoms with Crippen LogP contribution in [-0.4, -0.2) is 37.4 Å². The van der Waals surface area contributed by atoms with Gasteiger partial charge < -0.3 is 9.72 Å². The molecule has 8 nitrogen and oxygen atoms in total. The molecule has 0 aliphatic carbocycles. The van der Waals surface area contributed by atoms with Crippen LogP contribution >= 0.6 is 0 Å². The summed E-state index contributed by atoms with van der Waals surface area (Å²) in [5.74, 6) is 1.08. The molecule has 0 spiro atoms. The van der Waals surface area contributed by atoms with Gasteiger partial charge >= 0.3 is 0 Å². The van der Waals surface area contributed by atoms with E-state index in [4.69, 9.17) is 4.74 Å². The summed E-state index contributed by atoms with van der Waals surface area (Å²) >= 11 is 0. The van der Waals surface area contributed by atoms with Crippen molar-refractivity contribution in [1.82, 2.24) is 24.3 Å². The molecule has 0 atom stereocenters. The van der Waals surface area contributed by atoms with Gasteiger partial charge in [0, 0.05) is 18.0 Å². The highest BCUT2D eigenvalue weighted by atomic mass is 16.5. The summed E-state index contributed by atoms with van der Waals surface area (Å²) in [5, 5.41) is 2.81. The first-order valence-electron chi connectivity index (χ1n) is 8.96. The normalized spacial score (nSPS) is 11.1. The van der Waals surface area contributed by atoms with Crippen molar-refractivity contribution in [2.75, 3.05) is 12.4 Å². The quantitative estimate of drug-likeness (QED) is 0.494. The fraction of sp³-hybridized carbons (Fsp3) is 0.0476. The van der Waals surface area contributed by atoms with Crippen LogP contribution in [0.15, 0.2) is 67.1 Å². The number of hydrogen-bond donors (Lipinski definition) is 2. The van der Waals surface area contributed by atoms with Gasteiger partial charge in [-0.3, -0.25) is 14.5 Å². The Balaban J connectivity index is 1.56. The number of nitrogens with one attached hydrogen (secondary N) is 2. The summed E-state index contributed by atoms with van der Waals surface area (Å²) in [5.41, 5.74) is 3.76. The minimum Gasteiger partial charge on any atom is -0.494 e. The highest BCUT2D eigenvalue weighted by molar-refractivity contribution is 6.04. The molecule has 0 saturated carbocycles. The van der Waals surface area contributed by atoms with Crippen LogP contribution in [0, 0.1) is 0 Å². The second kappa shape index (κ2) is 6.75. The van der Waals surface area contributed by atoms with Crippen LogP contribution in [0.4, 0.5) is 5.95 Å². The number of rotatable bonds is 4. The minimum atomic E-state index is -0.343. The Labute approximate surface area is 165 Å². The van der Waals surface area contributed by atoms with E-state index in [-0.39, 0.29) is 5.91 Å². The van der Waals surface area contributed by atoms with Gasteiger partial charge in [-0.25, -0.2) is 15.0 Å². The van der Waals surface area contributed by atoms with Crippen molar-refractivity contribution < 1.29 is 9.53 Å². The fourth-order valence-corrected chi connectivity index (χ4v) is 3.32. The molecule has 0 bridgehead atoms. The molecule has 2 aromatic carbocycles. The topological polar surface area (TPSA) is 97.2 Å². The number of fused-ring (bicyclic) bond motifs is 2. The summed E-state index contributed by atoms with van der Waals surface area (Å²) in [6.07, 6.45) is 4.84. The number of carbonyl (C=O) groups excluding carboxylic acids is 1. The van der Waals surface area contributed by atoms with Crippen molar-refractivity contribution in [3.05, 3.63) is 72.8 Å². The number of imidazole rings is 2. The van der Waals surface area contributed by atoms with Gasteiger partial charge in [0.2, 0.25) is 11.7 Å². The van der Waals surface area contributed by atoms with Crippen molar-refractivity contribution in [1.29, 1.82) is 0 Å². The number of hydrogen-bond acceptors (Lipinski definition) is 5. The lowest BCUT2D eigenvalue weighted by atomic mass is 10.0. The molecule has 3 heterocycles. The maximum absolute atomic E-state index is 12.8. The van der Waals surface area contributed by atoms with E-state index >= 15 is 0 Å². The molecular formula is C21H16N6O2. The third-order valence-corrected chi connectivity index (χ3v) is 4.66. The summed E-state index contributed by atoms with van der Waals surface area (Å²) in [7, 11) is 1.60. The maximum Gasteiger partial charge on any atom is 0.276 e. The highest BCUT2D eigenvalue weighted by Gasteiger charge is 2.17. The minimum absolute atomic E-state index is 0.325. The second-order valence-corrected chi connectivity index (χ2v) is 6.38. The van der Waals surface area contributed by atoms with Gasteiger partial charge in [-0.1, -0.05) is 30.3 Å². The number of carbonyl (C=O) groups is 1. The van der Waals surface area contributed by atoms with Crippen molar-refractivity contribution >= 4 is 28.7 Å². The molecule has 5 aromatic rings. The third-order valence-electron chi connectivity index (χ3n) is 4.66. The van der Waals surface area contributed by atoms with Crippen molar-refractivity contribution in [3.63, 3.8) is 0 Å². The first-order valence-corrected chi connectivity index (χ1v) is 8.96. The zero-order valence-electron chi connectivity index (χ0n) is 15.5. The molecule has 8 heteroatoms. The van der Waals surface area contributed by atoms with E-state index in [1.807, 2.05) is 42.5 Å². The predicted octanol–water partition coefficient (Wildman–Crippen LogP) is 3.53. The molecule has 0 saturated heterocycles. The number of benzene rings is 2. The van der Waals surface area contributed by atoms with Gasteiger partial charge in [0.1, 0.15) is 22.5 Å². The molecular weight excluding hydrogens is 368 g/mol. The number of ether oxygens (including phenoxy) is 1. The molecule has 1 amide bonds. The molecule has 0 radical (unpaired) electrons. The largest absolute Gasteiger partial charge is 0.494 e. The lowest BCUT2D eigenvalue weighted by molar-refractivity contribution is 0.102. The van der Waals surface area contributed by atoms with Crippen molar-refractivity contribution in [3.8, 4) is 16.9 Å². The summed E-state index contributed by atoms with van der Waals surface area (Å²) < 4.78 is 7.08. The molecule has 3 aromatic heterocycles. The van der Waals surface area contributed by atoms with E-state index < -0.39 is 0 Å². The van der Waals surface area contributed by atoms with Crippen LogP contribution in [0.5, 0.6) is 5.75 Å². The molecule has 0 fully saturated rings. The highest BCUT2D eigenvalue weighted by Crippen LogP contribution is 2.33. The number of aromatic amines is 1. The van der Waals surface area contributed by atoms with E-state index in [1.165, 1.54) is 6.20 Å². The molecule has 0 aliphatic heterocycles. The van der Waals surface area contributed by atoms with Gasteiger partial charge in [0.05, 0.1) is 13.3 Å². The number of anilines is 1. The molecule has 2 N–H and O–H groups in total. The van der Waals surface area contributed by atoms with Crippen molar-refractivity contribution in [2.45, 2.75) is 0 Å². The van der Waals surface area contributed by atoms with Crippen LogP contribution in [-0.2, 0) is 0 Å². The Bertz CT molecular complexity index is 1340. The summed E-state index contributed by atoms with van der Waals surface area (Å²) in [4.78, 5) is 28.8. The molecule has 0 unspecified atom stereocenters. The number of aromatic nitrogens is 5. The smallest absolute Gasteiger partial charge is 0.276 e. The Morgan fingerprint density at radius 1 is 1.10 bits per heavy atom. The molecule has 0 aliphatic rings. The predicted molar refractivity (Wildman–Crippen MR) is 109 cm³/mol. The third kappa shape index (κ3) is 2.87. The lowest BCUT2D eigenvalue weighted by Crippen LogP contribution is -2.15. The van der Waals surface area contributed by atoms with Gasteiger partial charge in [0.25, 0.3) is 5.91 Å². The van der Waals surface area contributed by atoms with Crippen LogP contribution in [0.2, 0.25) is 0 Å².